The quantitative estimate of drug-likeness (QED) is 0.894. The number of pyridine rings is 1. The van der Waals surface area contributed by atoms with Crippen LogP contribution in [0, 0.1) is 12.3 Å². The Bertz CT molecular complexity index is 601. The number of benzene rings is 1. The van der Waals surface area contributed by atoms with Gasteiger partial charge >= 0.3 is 0 Å². The SMILES string of the molecule is Cc1ccc2cc(C(F)(CN)C(C)(C)C)ccc2n1. The van der Waals surface area contributed by atoms with Crippen molar-refractivity contribution in [1.29, 1.82) is 0 Å². The van der Waals surface area contributed by atoms with Crippen molar-refractivity contribution in [3.05, 3.63) is 41.6 Å². The van der Waals surface area contributed by atoms with Crippen molar-refractivity contribution in [3.63, 3.8) is 0 Å². The molecule has 3 heteroatoms. The van der Waals surface area contributed by atoms with Gasteiger partial charge in [0.2, 0.25) is 0 Å². The summed E-state index contributed by atoms with van der Waals surface area (Å²) < 4.78 is 15.2. The fraction of sp³-hybridized carbons (Fsp3) is 0.438. The molecule has 0 spiro atoms. The molecule has 1 atom stereocenters. The smallest absolute Gasteiger partial charge is 0.152 e. The largest absolute Gasteiger partial charge is 0.327 e. The standard InChI is InChI=1S/C16H21FN2/c1-11-5-6-12-9-13(7-8-14(12)19-11)16(17,10-18)15(2,3)4/h5-9H,10,18H2,1-4H3. The van der Waals surface area contributed by atoms with E-state index in [1.54, 1.807) is 6.07 Å². The van der Waals surface area contributed by atoms with E-state index >= 15 is 4.39 Å². The van der Waals surface area contributed by atoms with Crippen LogP contribution in [0.25, 0.3) is 10.9 Å². The molecule has 0 saturated carbocycles. The zero-order valence-corrected chi connectivity index (χ0v) is 12.0. The molecule has 2 aromatic rings. The Morgan fingerprint density at radius 3 is 2.42 bits per heavy atom. The van der Waals surface area contributed by atoms with E-state index in [1.807, 2.05) is 52.0 Å². The van der Waals surface area contributed by atoms with Crippen LogP contribution in [0.2, 0.25) is 0 Å². The zero-order chi connectivity index (χ0) is 14.3. The van der Waals surface area contributed by atoms with Crippen LogP contribution in [0.1, 0.15) is 32.0 Å². The molecule has 2 N–H and O–H groups in total. The van der Waals surface area contributed by atoms with Gasteiger partial charge < -0.3 is 5.73 Å². The summed E-state index contributed by atoms with van der Waals surface area (Å²) >= 11 is 0. The van der Waals surface area contributed by atoms with Gasteiger partial charge in [-0.25, -0.2) is 4.39 Å². The number of fused-ring (bicyclic) bond motifs is 1. The molecule has 0 aliphatic heterocycles. The number of nitrogens with two attached hydrogens (primary N) is 1. The first kappa shape index (κ1) is 13.9. The number of hydrogen-bond acceptors (Lipinski definition) is 2. The molecule has 0 radical (unpaired) electrons. The van der Waals surface area contributed by atoms with E-state index in [-0.39, 0.29) is 6.54 Å². The number of rotatable bonds is 2. The number of nitrogens with zero attached hydrogens (tertiary/aromatic N) is 1. The average Bonchev–Trinajstić information content (AvgIpc) is 2.35. The van der Waals surface area contributed by atoms with E-state index in [1.165, 1.54) is 0 Å². The molecule has 2 rings (SSSR count). The number of hydrogen-bond donors (Lipinski definition) is 1. The molecule has 1 aromatic carbocycles. The first-order valence-electron chi connectivity index (χ1n) is 6.55. The third-order valence-electron chi connectivity index (χ3n) is 3.76. The lowest BCUT2D eigenvalue weighted by Crippen LogP contribution is -2.42. The normalized spacial score (nSPS) is 15.5. The number of aryl methyl sites for hydroxylation is 1. The van der Waals surface area contributed by atoms with Crippen LogP contribution in [-0.4, -0.2) is 11.5 Å². The average molecular weight is 260 g/mol. The fourth-order valence-electron chi connectivity index (χ4n) is 2.33. The van der Waals surface area contributed by atoms with E-state index in [0.29, 0.717) is 5.56 Å². The maximum absolute atomic E-state index is 15.2. The highest BCUT2D eigenvalue weighted by Crippen LogP contribution is 2.42. The first-order chi connectivity index (χ1) is 8.78. The predicted molar refractivity (Wildman–Crippen MR) is 77.8 cm³/mol. The minimum absolute atomic E-state index is 0.0265. The molecule has 0 bridgehead atoms. The Kier molecular flexibility index (Phi) is 3.35. The minimum atomic E-state index is -1.54. The second-order valence-corrected chi connectivity index (χ2v) is 6.12. The third-order valence-corrected chi connectivity index (χ3v) is 3.76. The fourth-order valence-corrected chi connectivity index (χ4v) is 2.33. The molecular weight excluding hydrogens is 239 g/mol. The molecule has 1 heterocycles. The van der Waals surface area contributed by atoms with Crippen molar-refractivity contribution in [2.45, 2.75) is 33.4 Å². The Balaban J connectivity index is 2.60. The van der Waals surface area contributed by atoms with Crippen molar-refractivity contribution in [2.75, 3.05) is 6.54 Å². The van der Waals surface area contributed by atoms with Crippen LogP contribution in [-0.2, 0) is 5.67 Å². The van der Waals surface area contributed by atoms with Gasteiger partial charge in [0.1, 0.15) is 0 Å². The Labute approximate surface area is 113 Å². The number of halogens is 1. The topological polar surface area (TPSA) is 38.9 Å². The lowest BCUT2D eigenvalue weighted by Gasteiger charge is -2.37. The van der Waals surface area contributed by atoms with Crippen molar-refractivity contribution < 1.29 is 4.39 Å². The summed E-state index contributed by atoms with van der Waals surface area (Å²) in [5.41, 5.74) is 6.09. The van der Waals surface area contributed by atoms with E-state index in [4.69, 9.17) is 5.73 Å². The lowest BCUT2D eigenvalue weighted by atomic mass is 9.73. The first-order valence-corrected chi connectivity index (χ1v) is 6.55. The van der Waals surface area contributed by atoms with Gasteiger partial charge in [0.15, 0.2) is 5.67 Å². The summed E-state index contributed by atoms with van der Waals surface area (Å²) in [5.74, 6) is 0. The molecular formula is C16H21FN2. The highest BCUT2D eigenvalue weighted by molar-refractivity contribution is 5.79. The summed E-state index contributed by atoms with van der Waals surface area (Å²) in [5, 5.41) is 0.947. The lowest BCUT2D eigenvalue weighted by molar-refractivity contribution is 0.0344. The molecule has 2 nitrogen and oxygen atoms in total. The number of aromatic nitrogens is 1. The summed E-state index contributed by atoms with van der Waals surface area (Å²) in [6.07, 6.45) is 0. The van der Waals surface area contributed by atoms with Gasteiger partial charge in [-0.05, 0) is 30.7 Å². The highest BCUT2D eigenvalue weighted by atomic mass is 19.1. The van der Waals surface area contributed by atoms with Crippen LogP contribution in [0.4, 0.5) is 4.39 Å². The summed E-state index contributed by atoms with van der Waals surface area (Å²) in [6.45, 7) is 7.54. The van der Waals surface area contributed by atoms with Crippen LogP contribution < -0.4 is 5.73 Å². The van der Waals surface area contributed by atoms with Crippen LogP contribution in [0.15, 0.2) is 30.3 Å². The molecule has 102 valence electrons. The predicted octanol–water partition coefficient (Wildman–Crippen LogP) is 3.71. The molecule has 19 heavy (non-hydrogen) atoms. The molecule has 0 aliphatic rings. The van der Waals surface area contributed by atoms with E-state index in [9.17, 15) is 0 Å². The zero-order valence-electron chi connectivity index (χ0n) is 12.0. The van der Waals surface area contributed by atoms with Crippen molar-refractivity contribution >= 4 is 10.9 Å². The molecule has 0 aliphatic carbocycles. The summed E-state index contributed by atoms with van der Waals surface area (Å²) in [7, 11) is 0. The van der Waals surface area contributed by atoms with Gasteiger partial charge in [0.25, 0.3) is 0 Å². The Hall–Kier alpha value is -1.48. The van der Waals surface area contributed by atoms with Crippen LogP contribution >= 0.6 is 0 Å². The number of alkyl halides is 1. The van der Waals surface area contributed by atoms with Crippen molar-refractivity contribution in [3.8, 4) is 0 Å². The minimum Gasteiger partial charge on any atom is -0.327 e. The van der Waals surface area contributed by atoms with Gasteiger partial charge in [-0.15, -0.1) is 0 Å². The van der Waals surface area contributed by atoms with E-state index in [2.05, 4.69) is 4.98 Å². The van der Waals surface area contributed by atoms with E-state index < -0.39 is 11.1 Å². The monoisotopic (exact) mass is 260 g/mol. The second kappa shape index (κ2) is 4.57. The molecule has 1 unspecified atom stereocenters. The highest BCUT2D eigenvalue weighted by Gasteiger charge is 2.42. The maximum atomic E-state index is 15.2. The molecule has 1 aromatic heterocycles. The van der Waals surface area contributed by atoms with Gasteiger partial charge in [0.05, 0.1) is 5.52 Å². The third kappa shape index (κ3) is 2.35. The van der Waals surface area contributed by atoms with Gasteiger partial charge in [0, 0.05) is 23.0 Å². The second-order valence-electron chi connectivity index (χ2n) is 6.12. The van der Waals surface area contributed by atoms with E-state index in [0.717, 1.165) is 16.6 Å². The summed E-state index contributed by atoms with van der Waals surface area (Å²) in [4.78, 5) is 4.43. The van der Waals surface area contributed by atoms with Gasteiger partial charge in [-0.3, -0.25) is 4.98 Å². The van der Waals surface area contributed by atoms with Crippen molar-refractivity contribution in [2.24, 2.45) is 11.1 Å². The molecule has 0 saturated heterocycles. The van der Waals surface area contributed by atoms with Gasteiger partial charge in [-0.1, -0.05) is 32.9 Å². The molecule has 0 amide bonds. The summed E-state index contributed by atoms with van der Waals surface area (Å²) in [6, 6.07) is 9.44. The van der Waals surface area contributed by atoms with Crippen molar-refractivity contribution in [1.82, 2.24) is 4.98 Å². The van der Waals surface area contributed by atoms with Gasteiger partial charge in [-0.2, -0.15) is 0 Å². The maximum Gasteiger partial charge on any atom is 0.152 e. The molecule has 0 fully saturated rings. The Morgan fingerprint density at radius 1 is 1.16 bits per heavy atom. The van der Waals surface area contributed by atoms with Crippen LogP contribution in [0.3, 0.4) is 0 Å². The van der Waals surface area contributed by atoms with Crippen LogP contribution in [0.5, 0.6) is 0 Å². The Morgan fingerprint density at radius 2 is 1.84 bits per heavy atom.